The van der Waals surface area contributed by atoms with Crippen LogP contribution in [0.4, 0.5) is 0 Å². The molecule has 0 amide bonds. The number of hydrogen-bond donors (Lipinski definition) is 0. The van der Waals surface area contributed by atoms with Crippen molar-refractivity contribution in [3.63, 3.8) is 0 Å². The molecule has 2 rings (SSSR count). The van der Waals surface area contributed by atoms with Gasteiger partial charge in [-0.05, 0) is 37.0 Å². The van der Waals surface area contributed by atoms with Crippen LogP contribution in [0.3, 0.4) is 0 Å². The van der Waals surface area contributed by atoms with Gasteiger partial charge >= 0.3 is 5.97 Å². The Morgan fingerprint density at radius 3 is 2.58 bits per heavy atom. The van der Waals surface area contributed by atoms with Crippen molar-refractivity contribution in [2.75, 3.05) is 19.8 Å². The molecule has 2 atom stereocenters. The number of carbonyl (C=O) groups excluding carboxylic acids is 1. The van der Waals surface area contributed by atoms with Gasteiger partial charge in [-0.25, -0.2) is 0 Å². The first-order valence-corrected chi connectivity index (χ1v) is 7.62. The molecule has 1 saturated carbocycles. The first-order chi connectivity index (χ1) is 8.87. The smallest absolute Gasteiger partial charge is 0.312 e. The van der Waals surface area contributed by atoms with E-state index in [2.05, 4.69) is 27.7 Å². The Bertz CT molecular complexity index is 329. The van der Waals surface area contributed by atoms with E-state index in [0.717, 1.165) is 38.9 Å². The highest BCUT2D eigenvalue weighted by Gasteiger charge is 2.66. The maximum absolute atomic E-state index is 12.5. The molecule has 0 radical (unpaired) electrons. The average Bonchev–Trinajstić information content (AvgIpc) is 2.89. The summed E-state index contributed by atoms with van der Waals surface area (Å²) in [6.45, 7) is 10.9. The molecule has 1 saturated heterocycles. The van der Waals surface area contributed by atoms with Crippen LogP contribution < -0.4 is 0 Å². The van der Waals surface area contributed by atoms with Gasteiger partial charge < -0.3 is 9.47 Å². The van der Waals surface area contributed by atoms with Crippen LogP contribution in [0.25, 0.3) is 0 Å². The second kappa shape index (κ2) is 5.43. The minimum Gasteiger partial charge on any atom is -0.465 e. The van der Waals surface area contributed by atoms with E-state index in [-0.39, 0.29) is 16.8 Å². The molecule has 0 aromatic rings. The molecular weight excluding hydrogens is 240 g/mol. The maximum atomic E-state index is 12.5. The fourth-order valence-corrected chi connectivity index (χ4v) is 3.46. The SMILES string of the molecule is CC(C)CC1(C(=O)OCC2CCCOC2)CC1(C)C. The summed E-state index contributed by atoms with van der Waals surface area (Å²) in [6.07, 6.45) is 4.12. The van der Waals surface area contributed by atoms with Crippen LogP contribution in [0.2, 0.25) is 0 Å². The molecule has 2 unspecified atom stereocenters. The van der Waals surface area contributed by atoms with E-state index in [4.69, 9.17) is 9.47 Å². The molecule has 0 aromatic carbocycles. The summed E-state index contributed by atoms with van der Waals surface area (Å²) in [6, 6.07) is 0. The summed E-state index contributed by atoms with van der Waals surface area (Å²) < 4.78 is 11.1. The molecule has 19 heavy (non-hydrogen) atoms. The summed E-state index contributed by atoms with van der Waals surface area (Å²) >= 11 is 0. The largest absolute Gasteiger partial charge is 0.465 e. The van der Waals surface area contributed by atoms with E-state index in [0.29, 0.717) is 18.4 Å². The lowest BCUT2D eigenvalue weighted by atomic mass is 9.87. The Morgan fingerprint density at radius 2 is 2.11 bits per heavy atom. The van der Waals surface area contributed by atoms with Gasteiger partial charge in [-0.3, -0.25) is 4.79 Å². The van der Waals surface area contributed by atoms with Crippen LogP contribution in [-0.4, -0.2) is 25.8 Å². The molecule has 110 valence electrons. The van der Waals surface area contributed by atoms with Gasteiger partial charge in [0.2, 0.25) is 0 Å². The van der Waals surface area contributed by atoms with Gasteiger partial charge in [-0.15, -0.1) is 0 Å². The number of rotatable bonds is 5. The predicted molar refractivity (Wildman–Crippen MR) is 74.8 cm³/mol. The van der Waals surface area contributed by atoms with Gasteiger partial charge in [-0.2, -0.15) is 0 Å². The third kappa shape index (κ3) is 3.13. The molecule has 2 aliphatic rings. The van der Waals surface area contributed by atoms with Crippen LogP contribution in [0.15, 0.2) is 0 Å². The van der Waals surface area contributed by atoms with Gasteiger partial charge in [0.15, 0.2) is 0 Å². The first kappa shape index (κ1) is 14.8. The minimum atomic E-state index is -0.226. The van der Waals surface area contributed by atoms with E-state index >= 15 is 0 Å². The molecule has 0 spiro atoms. The summed E-state index contributed by atoms with van der Waals surface area (Å²) in [4.78, 5) is 12.5. The van der Waals surface area contributed by atoms with Crippen molar-refractivity contribution < 1.29 is 14.3 Å². The van der Waals surface area contributed by atoms with Gasteiger partial charge in [0.05, 0.1) is 18.6 Å². The summed E-state index contributed by atoms with van der Waals surface area (Å²) in [7, 11) is 0. The first-order valence-electron chi connectivity index (χ1n) is 7.62. The number of ether oxygens (including phenoxy) is 2. The van der Waals surface area contributed by atoms with E-state index in [1.165, 1.54) is 0 Å². The van der Waals surface area contributed by atoms with Crippen molar-refractivity contribution in [3.8, 4) is 0 Å². The quantitative estimate of drug-likeness (QED) is 0.717. The predicted octanol–water partition coefficient (Wildman–Crippen LogP) is 3.42. The van der Waals surface area contributed by atoms with E-state index in [1.54, 1.807) is 0 Å². The third-order valence-corrected chi connectivity index (χ3v) is 4.77. The molecule has 2 fully saturated rings. The number of hydrogen-bond acceptors (Lipinski definition) is 3. The molecular formula is C16H28O3. The van der Waals surface area contributed by atoms with Gasteiger partial charge in [0.25, 0.3) is 0 Å². The second-order valence-corrected chi connectivity index (χ2v) is 7.42. The van der Waals surface area contributed by atoms with E-state index < -0.39 is 0 Å². The highest BCUT2D eigenvalue weighted by molar-refractivity contribution is 5.81. The highest BCUT2D eigenvalue weighted by Crippen LogP contribution is 2.67. The van der Waals surface area contributed by atoms with E-state index in [1.807, 2.05) is 0 Å². The van der Waals surface area contributed by atoms with Gasteiger partial charge in [-0.1, -0.05) is 27.7 Å². The molecule has 1 heterocycles. The Labute approximate surface area is 117 Å². The van der Waals surface area contributed by atoms with E-state index in [9.17, 15) is 4.79 Å². The van der Waals surface area contributed by atoms with Gasteiger partial charge in [0.1, 0.15) is 0 Å². The lowest BCUT2D eigenvalue weighted by Crippen LogP contribution is -2.29. The standard InChI is InChI=1S/C16H28O3/c1-12(2)8-16(11-15(16,3)4)14(17)19-10-13-6-5-7-18-9-13/h12-13H,5-11H2,1-4H3. The van der Waals surface area contributed by atoms with Crippen LogP contribution in [0.1, 0.15) is 53.4 Å². The minimum absolute atomic E-state index is 0.0248. The molecule has 0 bridgehead atoms. The fourth-order valence-electron chi connectivity index (χ4n) is 3.46. The van der Waals surface area contributed by atoms with Crippen LogP contribution in [0, 0.1) is 22.7 Å². The Morgan fingerprint density at radius 1 is 1.42 bits per heavy atom. The molecule has 0 N–H and O–H groups in total. The highest BCUT2D eigenvalue weighted by atomic mass is 16.5. The van der Waals surface area contributed by atoms with Crippen molar-refractivity contribution in [3.05, 3.63) is 0 Å². The molecule has 1 aliphatic carbocycles. The normalized spacial score (nSPS) is 33.2. The van der Waals surface area contributed by atoms with Crippen molar-refractivity contribution >= 4 is 5.97 Å². The monoisotopic (exact) mass is 268 g/mol. The zero-order chi connectivity index (χ0) is 14.1. The van der Waals surface area contributed by atoms with Crippen LogP contribution >= 0.6 is 0 Å². The van der Waals surface area contributed by atoms with Crippen molar-refractivity contribution in [1.29, 1.82) is 0 Å². The summed E-state index contributed by atoms with van der Waals surface area (Å²) in [5.41, 5.74) is -0.117. The topological polar surface area (TPSA) is 35.5 Å². The summed E-state index contributed by atoms with van der Waals surface area (Å²) in [5, 5.41) is 0. The lowest BCUT2D eigenvalue weighted by molar-refractivity contribution is -0.155. The zero-order valence-corrected chi connectivity index (χ0v) is 12.8. The molecule has 3 heteroatoms. The zero-order valence-electron chi connectivity index (χ0n) is 12.8. The molecule has 1 aliphatic heterocycles. The average molecular weight is 268 g/mol. The van der Waals surface area contributed by atoms with Crippen LogP contribution in [0.5, 0.6) is 0 Å². The number of carbonyl (C=O) groups is 1. The van der Waals surface area contributed by atoms with Crippen molar-refractivity contribution in [2.45, 2.75) is 53.4 Å². The Kier molecular flexibility index (Phi) is 4.24. The fraction of sp³-hybridized carbons (Fsp3) is 0.938. The lowest BCUT2D eigenvalue weighted by Gasteiger charge is -2.25. The van der Waals surface area contributed by atoms with Crippen molar-refractivity contribution in [2.24, 2.45) is 22.7 Å². The maximum Gasteiger partial charge on any atom is 0.312 e. The van der Waals surface area contributed by atoms with Gasteiger partial charge in [0, 0.05) is 12.5 Å². The third-order valence-electron chi connectivity index (χ3n) is 4.77. The van der Waals surface area contributed by atoms with Crippen molar-refractivity contribution in [1.82, 2.24) is 0 Å². The molecule has 3 nitrogen and oxygen atoms in total. The summed E-state index contributed by atoms with van der Waals surface area (Å²) in [5.74, 6) is 0.958. The number of esters is 1. The Balaban J connectivity index is 1.87. The van der Waals surface area contributed by atoms with Crippen LogP contribution in [-0.2, 0) is 14.3 Å². The molecule has 0 aromatic heterocycles. The second-order valence-electron chi connectivity index (χ2n) is 7.42. The Hall–Kier alpha value is -0.570.